The Kier molecular flexibility index (Phi) is 4.84. The van der Waals surface area contributed by atoms with Crippen molar-refractivity contribution in [2.75, 3.05) is 38.7 Å². The SMILES string of the molecule is COC(=O)c1ccc(NC(=O)C2(C(=O)N3CCC4(CC3)OCCO4)CC2)cc1. The molecule has 0 bridgehead atoms. The van der Waals surface area contributed by atoms with Crippen LogP contribution in [0.4, 0.5) is 5.69 Å². The molecule has 2 aliphatic heterocycles. The van der Waals surface area contributed by atoms with Crippen molar-refractivity contribution < 1.29 is 28.6 Å². The first-order valence-electron chi connectivity index (χ1n) is 9.55. The predicted molar refractivity (Wildman–Crippen MR) is 98.5 cm³/mol. The van der Waals surface area contributed by atoms with Gasteiger partial charge in [-0.05, 0) is 37.1 Å². The maximum Gasteiger partial charge on any atom is 0.337 e. The van der Waals surface area contributed by atoms with Gasteiger partial charge in [0.25, 0.3) is 0 Å². The van der Waals surface area contributed by atoms with Gasteiger partial charge < -0.3 is 24.4 Å². The summed E-state index contributed by atoms with van der Waals surface area (Å²) in [5, 5.41) is 2.81. The number of esters is 1. The van der Waals surface area contributed by atoms with Crippen LogP contribution in [0.3, 0.4) is 0 Å². The summed E-state index contributed by atoms with van der Waals surface area (Å²) in [4.78, 5) is 39.1. The third-order valence-electron chi connectivity index (χ3n) is 5.78. The maximum atomic E-state index is 13.0. The zero-order valence-electron chi connectivity index (χ0n) is 15.9. The molecule has 2 amide bonds. The van der Waals surface area contributed by atoms with Crippen molar-refractivity contribution >= 4 is 23.5 Å². The van der Waals surface area contributed by atoms with Crippen molar-refractivity contribution in [3.8, 4) is 0 Å². The minimum absolute atomic E-state index is 0.121. The van der Waals surface area contributed by atoms with Crippen molar-refractivity contribution in [3.05, 3.63) is 29.8 Å². The lowest BCUT2D eigenvalue weighted by Gasteiger charge is -2.38. The molecule has 8 nitrogen and oxygen atoms in total. The van der Waals surface area contributed by atoms with Gasteiger partial charge in [0.1, 0.15) is 5.41 Å². The monoisotopic (exact) mass is 388 g/mol. The second-order valence-electron chi connectivity index (χ2n) is 7.50. The molecule has 3 fully saturated rings. The van der Waals surface area contributed by atoms with Gasteiger partial charge in [0.05, 0.1) is 25.9 Å². The van der Waals surface area contributed by atoms with Gasteiger partial charge in [0, 0.05) is 31.6 Å². The van der Waals surface area contributed by atoms with Gasteiger partial charge in [-0.25, -0.2) is 4.79 Å². The van der Waals surface area contributed by atoms with Crippen LogP contribution in [0.25, 0.3) is 0 Å². The minimum atomic E-state index is -0.983. The number of nitrogens with one attached hydrogen (secondary N) is 1. The first-order valence-corrected chi connectivity index (χ1v) is 9.55. The van der Waals surface area contributed by atoms with Gasteiger partial charge in [-0.2, -0.15) is 0 Å². The van der Waals surface area contributed by atoms with Crippen LogP contribution in [0.5, 0.6) is 0 Å². The molecule has 150 valence electrons. The summed E-state index contributed by atoms with van der Waals surface area (Å²) in [5.74, 6) is -1.40. The second kappa shape index (κ2) is 7.18. The Morgan fingerprint density at radius 3 is 2.14 bits per heavy atom. The predicted octanol–water partition coefficient (Wildman–Crippen LogP) is 1.56. The molecule has 2 saturated heterocycles. The number of amides is 2. The van der Waals surface area contributed by atoms with Crippen molar-refractivity contribution in [1.29, 1.82) is 0 Å². The number of anilines is 1. The highest BCUT2D eigenvalue weighted by Gasteiger charge is 2.58. The van der Waals surface area contributed by atoms with Crippen LogP contribution < -0.4 is 5.32 Å². The van der Waals surface area contributed by atoms with E-state index in [1.54, 1.807) is 29.2 Å². The lowest BCUT2D eigenvalue weighted by molar-refractivity contribution is -0.188. The Bertz CT molecular complexity index is 770. The standard InChI is InChI=1S/C20H24N2O6/c1-26-16(23)14-2-4-15(5-3-14)21-17(24)19(6-7-19)18(25)22-10-8-20(9-11-22)27-12-13-28-20/h2-5H,6-13H2,1H3,(H,21,24). The quantitative estimate of drug-likeness (QED) is 0.621. The fourth-order valence-corrected chi connectivity index (χ4v) is 3.86. The number of methoxy groups -OCH3 is 1. The molecule has 0 unspecified atom stereocenters. The fraction of sp³-hybridized carbons (Fsp3) is 0.550. The molecule has 1 aromatic carbocycles. The van der Waals surface area contributed by atoms with Crippen LogP contribution >= 0.6 is 0 Å². The van der Waals surface area contributed by atoms with E-state index in [0.717, 1.165) is 0 Å². The number of rotatable bonds is 4. The molecule has 8 heteroatoms. The zero-order valence-corrected chi connectivity index (χ0v) is 15.9. The van der Waals surface area contributed by atoms with E-state index in [1.165, 1.54) is 7.11 Å². The fourth-order valence-electron chi connectivity index (χ4n) is 3.86. The van der Waals surface area contributed by atoms with Gasteiger partial charge in [-0.3, -0.25) is 9.59 Å². The van der Waals surface area contributed by atoms with E-state index >= 15 is 0 Å². The zero-order chi connectivity index (χ0) is 19.8. The van der Waals surface area contributed by atoms with Gasteiger partial charge >= 0.3 is 5.97 Å². The van der Waals surface area contributed by atoms with Crippen LogP contribution in [0.15, 0.2) is 24.3 Å². The number of nitrogens with zero attached hydrogens (tertiary/aromatic N) is 1. The van der Waals surface area contributed by atoms with E-state index in [-0.39, 0.29) is 11.8 Å². The molecule has 0 aromatic heterocycles. The maximum absolute atomic E-state index is 13.0. The normalized spacial score (nSPS) is 22.0. The molecular formula is C20H24N2O6. The summed E-state index contributed by atoms with van der Waals surface area (Å²) in [6.07, 6.45) is 2.36. The van der Waals surface area contributed by atoms with Gasteiger partial charge in [-0.15, -0.1) is 0 Å². The van der Waals surface area contributed by atoms with Crippen molar-refractivity contribution in [3.63, 3.8) is 0 Å². The van der Waals surface area contributed by atoms with Crippen LogP contribution in [-0.2, 0) is 23.8 Å². The van der Waals surface area contributed by atoms with Crippen LogP contribution in [0.1, 0.15) is 36.0 Å². The number of carbonyl (C=O) groups is 3. The Morgan fingerprint density at radius 2 is 1.61 bits per heavy atom. The highest BCUT2D eigenvalue weighted by molar-refractivity contribution is 6.13. The molecular weight excluding hydrogens is 364 g/mol. The van der Waals surface area contributed by atoms with E-state index in [9.17, 15) is 14.4 Å². The molecule has 4 rings (SSSR count). The average Bonchev–Trinajstić information content (AvgIpc) is 3.43. The van der Waals surface area contributed by atoms with Gasteiger partial charge in [0.15, 0.2) is 5.79 Å². The molecule has 2 heterocycles. The molecule has 1 N–H and O–H groups in total. The number of ether oxygens (including phenoxy) is 3. The molecule has 1 spiro atoms. The number of carbonyl (C=O) groups excluding carboxylic acids is 3. The van der Waals surface area contributed by atoms with E-state index in [0.29, 0.717) is 63.2 Å². The van der Waals surface area contributed by atoms with Gasteiger partial charge in [0.2, 0.25) is 11.8 Å². The van der Waals surface area contributed by atoms with Crippen molar-refractivity contribution in [1.82, 2.24) is 4.90 Å². The summed E-state index contributed by atoms with van der Waals surface area (Å²) in [6, 6.07) is 6.41. The van der Waals surface area contributed by atoms with Crippen LogP contribution in [0.2, 0.25) is 0 Å². The molecule has 1 saturated carbocycles. The lowest BCUT2D eigenvalue weighted by Crippen LogP contribution is -2.51. The highest BCUT2D eigenvalue weighted by Crippen LogP contribution is 2.49. The summed E-state index contributed by atoms with van der Waals surface area (Å²) in [6.45, 7) is 2.24. The largest absolute Gasteiger partial charge is 0.465 e. The number of hydrogen-bond acceptors (Lipinski definition) is 6. The molecule has 1 aliphatic carbocycles. The van der Waals surface area contributed by atoms with Crippen LogP contribution in [-0.4, -0.2) is 61.9 Å². The Labute approximate surface area is 163 Å². The third kappa shape index (κ3) is 3.38. The van der Waals surface area contributed by atoms with Crippen molar-refractivity contribution in [2.45, 2.75) is 31.5 Å². The Balaban J connectivity index is 1.37. The summed E-state index contributed by atoms with van der Waals surface area (Å²) < 4.78 is 16.1. The summed E-state index contributed by atoms with van der Waals surface area (Å²) >= 11 is 0. The summed E-state index contributed by atoms with van der Waals surface area (Å²) in [7, 11) is 1.31. The average molecular weight is 388 g/mol. The van der Waals surface area contributed by atoms with Crippen molar-refractivity contribution in [2.24, 2.45) is 5.41 Å². The Hall–Kier alpha value is -2.45. The van der Waals surface area contributed by atoms with Gasteiger partial charge in [-0.1, -0.05) is 0 Å². The molecule has 28 heavy (non-hydrogen) atoms. The van der Waals surface area contributed by atoms with E-state index < -0.39 is 17.2 Å². The van der Waals surface area contributed by atoms with E-state index in [4.69, 9.17) is 9.47 Å². The molecule has 3 aliphatic rings. The van der Waals surface area contributed by atoms with E-state index in [1.807, 2.05) is 0 Å². The molecule has 0 radical (unpaired) electrons. The first kappa shape index (κ1) is 18.9. The van der Waals surface area contributed by atoms with Crippen LogP contribution in [0, 0.1) is 5.41 Å². The minimum Gasteiger partial charge on any atom is -0.465 e. The smallest absolute Gasteiger partial charge is 0.337 e. The number of likely N-dealkylation sites (tertiary alicyclic amines) is 1. The van der Waals surface area contributed by atoms with E-state index in [2.05, 4.69) is 10.1 Å². The summed E-state index contributed by atoms with van der Waals surface area (Å²) in [5.41, 5.74) is -0.0403. The Morgan fingerprint density at radius 1 is 1.00 bits per heavy atom. The second-order valence-corrected chi connectivity index (χ2v) is 7.50. The number of piperidine rings is 1. The first-order chi connectivity index (χ1) is 13.5. The lowest BCUT2D eigenvalue weighted by atomic mass is 9.98. The molecule has 0 atom stereocenters. The number of hydrogen-bond donors (Lipinski definition) is 1. The highest BCUT2D eigenvalue weighted by atomic mass is 16.7. The molecule has 1 aromatic rings. The third-order valence-corrected chi connectivity index (χ3v) is 5.78. The number of benzene rings is 1. The topological polar surface area (TPSA) is 94.2 Å².